The topological polar surface area (TPSA) is 318 Å². The highest BCUT2D eigenvalue weighted by Crippen LogP contribution is 2.38. The molecule has 0 aromatic heterocycles. The zero-order valence-electron chi connectivity index (χ0n) is 37.4. The minimum absolute atomic E-state index is 0.617. The van der Waals surface area contributed by atoms with Crippen molar-refractivity contribution in [2.45, 2.75) is 161 Å². The van der Waals surface area contributed by atoms with Crippen LogP contribution in [0.15, 0.2) is 0 Å². The van der Waals surface area contributed by atoms with Gasteiger partial charge in [0.2, 0.25) is 0 Å². The molecule has 26 nitrogen and oxygen atoms in total. The van der Waals surface area contributed by atoms with E-state index in [4.69, 9.17) is 75.8 Å². The zero-order valence-corrected chi connectivity index (χ0v) is 37.4. The van der Waals surface area contributed by atoms with Crippen molar-refractivity contribution in [3.63, 3.8) is 0 Å². The van der Waals surface area contributed by atoms with E-state index in [0.717, 1.165) is 69.2 Å². The summed E-state index contributed by atoms with van der Waals surface area (Å²) in [5.74, 6) is -9.32. The molecule has 0 saturated carbocycles. The second-order valence-corrected chi connectivity index (χ2v) is 14.5. The Balaban J connectivity index is 2.29. The Kier molecular flexibility index (Phi) is 20.4. The summed E-state index contributed by atoms with van der Waals surface area (Å²) in [7, 11) is 1.17. The van der Waals surface area contributed by atoms with E-state index >= 15 is 0 Å². The van der Waals surface area contributed by atoms with Crippen molar-refractivity contribution < 1.29 is 124 Å². The number of hydrogen-bond donors (Lipinski definition) is 0. The molecule has 0 spiro atoms. The molecule has 0 aromatic carbocycles. The van der Waals surface area contributed by atoms with Crippen LogP contribution in [0.1, 0.15) is 69.2 Å². The van der Waals surface area contributed by atoms with Crippen LogP contribution < -0.4 is 0 Å². The molecule has 366 valence electrons. The fraction of sp³-hybridized carbons (Fsp3) is 0.744. The summed E-state index contributed by atoms with van der Waals surface area (Å²) in [5, 5.41) is 0. The van der Waals surface area contributed by atoms with Gasteiger partial charge in [0.25, 0.3) is 0 Å². The molecule has 26 heteroatoms. The highest BCUT2D eigenvalue weighted by atomic mass is 16.8. The number of hydrogen-bond acceptors (Lipinski definition) is 26. The van der Waals surface area contributed by atoms with Crippen molar-refractivity contribution in [2.24, 2.45) is 0 Å². The molecular formula is C39H54O26. The normalized spacial score (nSPS) is 32.0. The molecule has 3 saturated heterocycles. The van der Waals surface area contributed by atoms with Crippen LogP contribution >= 0.6 is 0 Å². The first kappa shape index (κ1) is 53.8. The molecule has 3 fully saturated rings. The fourth-order valence-corrected chi connectivity index (χ4v) is 6.95. The average molecular weight is 939 g/mol. The summed E-state index contributed by atoms with van der Waals surface area (Å²) in [6.07, 6.45) is -25.9. The van der Waals surface area contributed by atoms with E-state index in [1.807, 2.05) is 0 Å². The van der Waals surface area contributed by atoms with E-state index in [-0.39, 0.29) is 0 Å². The lowest BCUT2D eigenvalue weighted by Crippen LogP contribution is -2.69. The molecule has 15 atom stereocenters. The van der Waals surface area contributed by atoms with Crippen LogP contribution in [0.25, 0.3) is 0 Å². The van der Waals surface area contributed by atoms with Gasteiger partial charge in [-0.15, -0.1) is 0 Å². The number of esters is 10. The van der Waals surface area contributed by atoms with Crippen molar-refractivity contribution in [3.8, 4) is 0 Å². The van der Waals surface area contributed by atoms with Gasteiger partial charge < -0.3 is 75.8 Å². The first-order chi connectivity index (χ1) is 30.4. The number of methoxy groups -OCH3 is 1. The molecule has 0 N–H and O–H groups in total. The Bertz CT molecular complexity index is 1750. The molecule has 3 rings (SSSR count). The number of ether oxygens (including phenoxy) is 16. The van der Waals surface area contributed by atoms with Crippen molar-refractivity contribution in [3.05, 3.63) is 0 Å². The van der Waals surface area contributed by atoms with Crippen LogP contribution in [-0.2, 0) is 124 Å². The van der Waals surface area contributed by atoms with E-state index in [1.165, 1.54) is 7.11 Å². The number of carbonyl (C=O) groups is 10. The van der Waals surface area contributed by atoms with Gasteiger partial charge >= 0.3 is 59.7 Å². The molecule has 0 aromatic rings. The third-order valence-corrected chi connectivity index (χ3v) is 9.06. The maximum atomic E-state index is 12.9. The minimum atomic E-state index is -1.98. The molecule has 3 aliphatic rings. The summed E-state index contributed by atoms with van der Waals surface area (Å²) in [6.45, 7) is 8.01. The maximum absolute atomic E-state index is 12.9. The lowest BCUT2D eigenvalue weighted by atomic mass is 9.95. The smallest absolute Gasteiger partial charge is 0.303 e. The van der Waals surface area contributed by atoms with Crippen LogP contribution in [0.2, 0.25) is 0 Å². The standard InChI is InChI=1S/C39H54O26/c1-15(40)51-12-25-28(54-18(4)43)31(55-19(5)44)35(59-23(9)48)38(62-25)65-30-27(14-53-17(3)42)63-39(36(60-24(10)49)33(30)57-21(7)46)64-29-26(13-52-16(2)41)61-37(50-11)34(58-22(8)47)32(29)56-20(6)45/h25-39H,12-14H2,1-11H3. The van der Waals surface area contributed by atoms with Crippen molar-refractivity contribution in [1.29, 1.82) is 0 Å². The Morgan fingerprint density at radius 1 is 0.308 bits per heavy atom. The maximum Gasteiger partial charge on any atom is 0.303 e. The van der Waals surface area contributed by atoms with Crippen LogP contribution in [0.4, 0.5) is 0 Å². The van der Waals surface area contributed by atoms with E-state index in [9.17, 15) is 47.9 Å². The molecule has 3 heterocycles. The molecule has 0 radical (unpaired) electrons. The van der Waals surface area contributed by atoms with Crippen LogP contribution in [0, 0.1) is 0 Å². The minimum Gasteiger partial charge on any atom is -0.463 e. The van der Waals surface area contributed by atoms with E-state index in [1.54, 1.807) is 0 Å². The second-order valence-electron chi connectivity index (χ2n) is 14.5. The lowest BCUT2D eigenvalue weighted by Gasteiger charge is -2.50. The van der Waals surface area contributed by atoms with Crippen LogP contribution in [0.3, 0.4) is 0 Å². The van der Waals surface area contributed by atoms with Gasteiger partial charge in [0, 0.05) is 76.3 Å². The van der Waals surface area contributed by atoms with E-state index < -0.39 is 172 Å². The average Bonchev–Trinajstić information content (AvgIpc) is 3.17. The highest BCUT2D eigenvalue weighted by molar-refractivity contribution is 5.70. The molecule has 0 aliphatic carbocycles. The van der Waals surface area contributed by atoms with Gasteiger partial charge in [-0.3, -0.25) is 47.9 Å². The van der Waals surface area contributed by atoms with Crippen molar-refractivity contribution in [2.75, 3.05) is 26.9 Å². The summed E-state index contributed by atoms with van der Waals surface area (Å²) in [4.78, 5) is 124. The fourth-order valence-electron chi connectivity index (χ4n) is 6.95. The SMILES string of the molecule is COC1OC(COC(C)=O)C(OC2OC(COC(C)=O)C(OC3OC(COC(C)=O)C(OC(C)=O)C(OC(C)=O)C3OC(C)=O)C(OC(C)=O)C2OC(C)=O)C(OC(C)=O)C1OC(C)=O. The summed E-state index contributed by atoms with van der Waals surface area (Å²) in [5.41, 5.74) is 0. The van der Waals surface area contributed by atoms with Gasteiger partial charge in [-0.05, 0) is 0 Å². The monoisotopic (exact) mass is 938 g/mol. The lowest BCUT2D eigenvalue weighted by molar-refractivity contribution is -0.379. The Labute approximate surface area is 371 Å². The molecule has 0 amide bonds. The highest BCUT2D eigenvalue weighted by Gasteiger charge is 2.60. The predicted molar refractivity (Wildman–Crippen MR) is 202 cm³/mol. The van der Waals surface area contributed by atoms with Crippen LogP contribution in [-0.4, -0.2) is 179 Å². The first-order valence-electron chi connectivity index (χ1n) is 19.8. The number of rotatable bonds is 18. The molecule has 15 unspecified atom stereocenters. The predicted octanol–water partition coefficient (Wildman–Crippen LogP) is -1.21. The zero-order chi connectivity index (χ0) is 48.9. The first-order valence-corrected chi connectivity index (χ1v) is 19.8. The molecule has 0 bridgehead atoms. The van der Waals surface area contributed by atoms with Gasteiger partial charge in [-0.25, -0.2) is 0 Å². The quantitative estimate of drug-likeness (QED) is 0.115. The van der Waals surface area contributed by atoms with Crippen LogP contribution in [0.5, 0.6) is 0 Å². The van der Waals surface area contributed by atoms with E-state index in [2.05, 4.69) is 0 Å². The van der Waals surface area contributed by atoms with Gasteiger partial charge in [0.1, 0.15) is 50.3 Å². The van der Waals surface area contributed by atoms with Gasteiger partial charge in [0.15, 0.2) is 61.6 Å². The molecule has 3 aliphatic heterocycles. The summed E-state index contributed by atoms with van der Waals surface area (Å²) < 4.78 is 90.8. The summed E-state index contributed by atoms with van der Waals surface area (Å²) >= 11 is 0. The number of carbonyl (C=O) groups excluding carboxylic acids is 10. The molecular weight excluding hydrogens is 884 g/mol. The van der Waals surface area contributed by atoms with Gasteiger partial charge in [-0.1, -0.05) is 0 Å². The molecule has 65 heavy (non-hydrogen) atoms. The Hall–Kier alpha value is -5.54. The van der Waals surface area contributed by atoms with Crippen molar-refractivity contribution in [1.82, 2.24) is 0 Å². The second kappa shape index (κ2) is 24.7. The largest absolute Gasteiger partial charge is 0.463 e. The third-order valence-electron chi connectivity index (χ3n) is 9.06. The van der Waals surface area contributed by atoms with E-state index in [0.29, 0.717) is 0 Å². The third kappa shape index (κ3) is 16.1. The van der Waals surface area contributed by atoms with Gasteiger partial charge in [-0.2, -0.15) is 0 Å². The summed E-state index contributed by atoms with van der Waals surface area (Å²) in [6, 6.07) is 0. The Morgan fingerprint density at radius 2 is 0.538 bits per heavy atom. The van der Waals surface area contributed by atoms with Gasteiger partial charge in [0.05, 0.1) is 0 Å². The van der Waals surface area contributed by atoms with Crippen molar-refractivity contribution >= 4 is 59.7 Å². The Morgan fingerprint density at radius 3 is 0.815 bits per heavy atom.